The summed E-state index contributed by atoms with van der Waals surface area (Å²) >= 11 is 1.57. The lowest BCUT2D eigenvalue weighted by Gasteiger charge is -2.13. The van der Waals surface area contributed by atoms with E-state index in [1.54, 1.807) is 35.6 Å². The lowest BCUT2D eigenvalue weighted by atomic mass is 10.1. The maximum absolute atomic E-state index is 14.1. The first kappa shape index (κ1) is 17.4. The molecule has 1 amide bonds. The molecular formula is C21H18FN3OS. The second-order valence-corrected chi connectivity index (χ2v) is 7.47. The molecule has 6 heteroatoms. The van der Waals surface area contributed by atoms with E-state index in [1.807, 2.05) is 37.4 Å². The lowest BCUT2D eigenvalue weighted by molar-refractivity contribution is 0.0944. The Kier molecular flexibility index (Phi) is 4.49. The van der Waals surface area contributed by atoms with Gasteiger partial charge in [-0.1, -0.05) is 24.3 Å². The number of rotatable bonds is 4. The van der Waals surface area contributed by atoms with Gasteiger partial charge in [0.25, 0.3) is 5.91 Å². The van der Waals surface area contributed by atoms with Crippen molar-refractivity contribution in [1.29, 1.82) is 0 Å². The number of carbonyl (C=O) groups excluding carboxylic acids is 1. The Balaban J connectivity index is 1.92. The monoisotopic (exact) mass is 379 g/mol. The molecule has 2 aromatic carbocycles. The zero-order valence-electron chi connectivity index (χ0n) is 14.9. The summed E-state index contributed by atoms with van der Waals surface area (Å²) in [4.78, 5) is 17.3. The molecule has 27 heavy (non-hydrogen) atoms. The summed E-state index contributed by atoms with van der Waals surface area (Å²) in [6.07, 6.45) is 0. The van der Waals surface area contributed by atoms with Gasteiger partial charge in [-0.3, -0.25) is 4.79 Å². The van der Waals surface area contributed by atoms with Gasteiger partial charge in [0.2, 0.25) is 0 Å². The number of para-hydroxylation sites is 2. The second kappa shape index (κ2) is 6.96. The van der Waals surface area contributed by atoms with E-state index in [0.29, 0.717) is 22.6 Å². The first-order valence-corrected chi connectivity index (χ1v) is 9.55. The van der Waals surface area contributed by atoms with Crippen LogP contribution in [-0.2, 0) is 0 Å². The van der Waals surface area contributed by atoms with E-state index >= 15 is 0 Å². The van der Waals surface area contributed by atoms with Crippen LogP contribution in [0.4, 0.5) is 15.9 Å². The van der Waals surface area contributed by atoms with E-state index in [-0.39, 0.29) is 17.8 Å². The molecule has 0 spiro atoms. The number of nitrogens with zero attached hydrogens (tertiary/aromatic N) is 1. The molecule has 0 aliphatic heterocycles. The topological polar surface area (TPSA) is 54.0 Å². The molecule has 2 heterocycles. The zero-order chi connectivity index (χ0) is 19.0. The van der Waals surface area contributed by atoms with Crippen molar-refractivity contribution in [2.45, 2.75) is 19.9 Å². The van der Waals surface area contributed by atoms with Crippen molar-refractivity contribution in [3.8, 4) is 0 Å². The van der Waals surface area contributed by atoms with Crippen LogP contribution in [0.1, 0.15) is 24.2 Å². The van der Waals surface area contributed by atoms with Gasteiger partial charge in [0.1, 0.15) is 11.6 Å². The van der Waals surface area contributed by atoms with Gasteiger partial charge in [0.05, 0.1) is 16.8 Å². The minimum absolute atomic E-state index is 0.0224. The third-order valence-corrected chi connectivity index (χ3v) is 5.16. The van der Waals surface area contributed by atoms with Crippen LogP contribution in [0, 0.1) is 5.82 Å². The van der Waals surface area contributed by atoms with Gasteiger partial charge in [0.15, 0.2) is 0 Å². The number of hydrogen-bond donors (Lipinski definition) is 2. The Morgan fingerprint density at radius 3 is 2.67 bits per heavy atom. The molecule has 2 aromatic heterocycles. The van der Waals surface area contributed by atoms with Crippen LogP contribution in [0.5, 0.6) is 0 Å². The summed E-state index contributed by atoms with van der Waals surface area (Å²) in [5, 5.41) is 9.79. The highest BCUT2D eigenvalue weighted by molar-refractivity contribution is 7.18. The van der Waals surface area contributed by atoms with Gasteiger partial charge in [0, 0.05) is 21.5 Å². The molecule has 4 nitrogen and oxygen atoms in total. The van der Waals surface area contributed by atoms with Gasteiger partial charge in [-0.2, -0.15) is 0 Å². The van der Waals surface area contributed by atoms with Crippen LogP contribution in [0.2, 0.25) is 0 Å². The van der Waals surface area contributed by atoms with Crippen molar-refractivity contribution < 1.29 is 9.18 Å². The first-order chi connectivity index (χ1) is 13.0. The van der Waals surface area contributed by atoms with Crippen LogP contribution < -0.4 is 10.6 Å². The highest BCUT2D eigenvalue weighted by Crippen LogP contribution is 2.36. The average molecular weight is 379 g/mol. The Labute approximate surface area is 160 Å². The first-order valence-electron chi connectivity index (χ1n) is 8.67. The number of thiophene rings is 1. The molecule has 0 aliphatic carbocycles. The highest BCUT2D eigenvalue weighted by Gasteiger charge is 2.17. The molecule has 2 N–H and O–H groups in total. The number of anilines is 2. The van der Waals surface area contributed by atoms with Crippen LogP contribution in [-0.4, -0.2) is 16.9 Å². The standard InChI is InChI=1S/C21H18FN3OS/c1-12(2)23-21(26)14-7-5-6-13-18(14)25-20(15-10-11-27-19(13)15)24-17-9-4-3-8-16(17)22/h3-12H,1-2H3,(H,23,26)(H,24,25). The van der Waals surface area contributed by atoms with Gasteiger partial charge in [-0.15, -0.1) is 11.3 Å². The minimum atomic E-state index is -0.353. The maximum Gasteiger partial charge on any atom is 0.253 e. The average Bonchev–Trinajstić information content (AvgIpc) is 3.13. The van der Waals surface area contributed by atoms with Crippen molar-refractivity contribution in [3.63, 3.8) is 0 Å². The molecule has 136 valence electrons. The van der Waals surface area contributed by atoms with Gasteiger partial charge in [-0.25, -0.2) is 9.37 Å². The smallest absolute Gasteiger partial charge is 0.253 e. The summed E-state index contributed by atoms with van der Waals surface area (Å²) in [7, 11) is 0. The fourth-order valence-electron chi connectivity index (χ4n) is 3.03. The van der Waals surface area contributed by atoms with Gasteiger partial charge >= 0.3 is 0 Å². The normalized spacial score (nSPS) is 11.3. The third-order valence-electron chi connectivity index (χ3n) is 4.22. The maximum atomic E-state index is 14.1. The zero-order valence-corrected chi connectivity index (χ0v) is 15.7. The van der Waals surface area contributed by atoms with Crippen molar-refractivity contribution >= 4 is 49.7 Å². The number of pyridine rings is 1. The van der Waals surface area contributed by atoms with E-state index < -0.39 is 0 Å². The molecule has 0 bridgehead atoms. The molecule has 4 rings (SSSR count). The number of halogens is 1. The molecule has 0 radical (unpaired) electrons. The number of carbonyl (C=O) groups is 1. The summed E-state index contributed by atoms with van der Waals surface area (Å²) in [6, 6.07) is 14.0. The number of hydrogen-bond acceptors (Lipinski definition) is 4. The van der Waals surface area contributed by atoms with Crippen LogP contribution in [0.15, 0.2) is 53.9 Å². The molecule has 0 aliphatic rings. The number of fused-ring (bicyclic) bond motifs is 3. The molecule has 0 atom stereocenters. The van der Waals surface area contributed by atoms with E-state index in [4.69, 9.17) is 4.98 Å². The summed E-state index contributed by atoms with van der Waals surface area (Å²) < 4.78 is 15.1. The minimum Gasteiger partial charge on any atom is -0.350 e. The lowest BCUT2D eigenvalue weighted by Crippen LogP contribution is -2.30. The number of aromatic nitrogens is 1. The number of nitrogens with one attached hydrogen (secondary N) is 2. The second-order valence-electron chi connectivity index (χ2n) is 6.56. The number of benzene rings is 2. The summed E-state index contributed by atoms with van der Waals surface area (Å²) in [6.45, 7) is 3.83. The van der Waals surface area contributed by atoms with Crippen molar-refractivity contribution in [2.75, 3.05) is 5.32 Å². The predicted molar refractivity (Wildman–Crippen MR) is 109 cm³/mol. The van der Waals surface area contributed by atoms with E-state index in [9.17, 15) is 9.18 Å². The van der Waals surface area contributed by atoms with E-state index in [0.717, 1.165) is 15.5 Å². The van der Waals surface area contributed by atoms with Crippen LogP contribution in [0.25, 0.3) is 21.0 Å². The van der Waals surface area contributed by atoms with Gasteiger partial charge < -0.3 is 10.6 Å². The SMILES string of the molecule is CC(C)NC(=O)c1cccc2c1nc(Nc1ccccc1F)c1ccsc12. The fraction of sp³-hybridized carbons (Fsp3) is 0.143. The van der Waals surface area contributed by atoms with Crippen molar-refractivity contribution in [1.82, 2.24) is 10.3 Å². The Morgan fingerprint density at radius 2 is 1.89 bits per heavy atom. The van der Waals surface area contributed by atoms with E-state index in [2.05, 4.69) is 10.6 Å². The summed E-state index contributed by atoms with van der Waals surface area (Å²) in [5.41, 5.74) is 1.46. The van der Waals surface area contributed by atoms with Crippen molar-refractivity contribution in [3.05, 3.63) is 65.3 Å². The van der Waals surface area contributed by atoms with Gasteiger partial charge in [-0.05, 0) is 43.5 Å². The summed E-state index contributed by atoms with van der Waals surface area (Å²) in [5.74, 6) is 0.0121. The molecule has 0 unspecified atom stereocenters. The molecule has 0 saturated carbocycles. The molecule has 4 aromatic rings. The largest absolute Gasteiger partial charge is 0.350 e. The molecule has 0 fully saturated rings. The Hall–Kier alpha value is -2.99. The Morgan fingerprint density at radius 1 is 1.07 bits per heavy atom. The Bertz CT molecular complexity index is 1150. The molecule has 0 saturated heterocycles. The quantitative estimate of drug-likeness (QED) is 0.494. The molecular weight excluding hydrogens is 361 g/mol. The highest BCUT2D eigenvalue weighted by atomic mass is 32.1. The van der Waals surface area contributed by atoms with E-state index in [1.165, 1.54) is 6.07 Å². The number of amides is 1. The predicted octanol–water partition coefficient (Wildman–Crippen LogP) is 5.47. The fourth-order valence-corrected chi connectivity index (χ4v) is 3.96. The third kappa shape index (κ3) is 3.24. The van der Waals surface area contributed by atoms with Crippen LogP contribution >= 0.6 is 11.3 Å². The van der Waals surface area contributed by atoms with Crippen LogP contribution in [0.3, 0.4) is 0 Å². The van der Waals surface area contributed by atoms with Crippen molar-refractivity contribution in [2.24, 2.45) is 0 Å².